The summed E-state index contributed by atoms with van der Waals surface area (Å²) in [6.45, 7) is 0. The van der Waals surface area contributed by atoms with Gasteiger partial charge in [-0.2, -0.15) is 0 Å². The number of rotatable bonds is 3. The largest absolute Gasteiger partial charge is 0.468 e. The SMILES string of the molecule is CNC(c1ccco1)C1CCCc2sccc21. The molecule has 2 nitrogen and oxygen atoms in total. The van der Waals surface area contributed by atoms with E-state index < -0.39 is 0 Å². The van der Waals surface area contributed by atoms with Crippen molar-refractivity contribution in [3.63, 3.8) is 0 Å². The summed E-state index contributed by atoms with van der Waals surface area (Å²) < 4.78 is 5.57. The van der Waals surface area contributed by atoms with Gasteiger partial charge in [0.15, 0.2) is 0 Å². The lowest BCUT2D eigenvalue weighted by atomic mass is 9.81. The van der Waals surface area contributed by atoms with E-state index in [-0.39, 0.29) is 0 Å². The highest BCUT2D eigenvalue weighted by Crippen LogP contribution is 2.42. The smallest absolute Gasteiger partial charge is 0.121 e. The van der Waals surface area contributed by atoms with Crippen LogP contribution in [0.15, 0.2) is 34.3 Å². The Kier molecular flexibility index (Phi) is 3.04. The van der Waals surface area contributed by atoms with Crippen molar-refractivity contribution in [2.75, 3.05) is 7.05 Å². The molecule has 0 fully saturated rings. The third-order valence-corrected chi connectivity index (χ3v) is 4.66. The molecular weight excluding hydrogens is 230 g/mol. The normalized spacial score (nSPS) is 21.1. The minimum atomic E-state index is 0.304. The van der Waals surface area contributed by atoms with E-state index in [1.165, 1.54) is 24.8 Å². The number of nitrogens with one attached hydrogen (secondary N) is 1. The maximum Gasteiger partial charge on any atom is 0.121 e. The standard InChI is InChI=1S/C14H17NOS/c1-15-14(12-5-3-8-16-12)11-4-2-6-13-10(11)7-9-17-13/h3,5,7-9,11,14-15H,2,4,6H2,1H3. The summed E-state index contributed by atoms with van der Waals surface area (Å²) in [6, 6.07) is 6.63. The molecule has 2 aromatic heterocycles. The van der Waals surface area contributed by atoms with Gasteiger partial charge in [-0.05, 0) is 55.5 Å². The van der Waals surface area contributed by atoms with E-state index in [9.17, 15) is 0 Å². The predicted molar refractivity (Wildman–Crippen MR) is 70.5 cm³/mol. The first-order valence-corrected chi connectivity index (χ1v) is 7.05. The molecule has 0 aromatic carbocycles. The zero-order chi connectivity index (χ0) is 11.7. The third kappa shape index (κ3) is 1.94. The number of hydrogen-bond acceptors (Lipinski definition) is 3. The van der Waals surface area contributed by atoms with Crippen LogP contribution in [0.5, 0.6) is 0 Å². The van der Waals surface area contributed by atoms with E-state index in [0.717, 1.165) is 5.76 Å². The molecule has 1 aliphatic carbocycles. The fourth-order valence-electron chi connectivity index (χ4n) is 2.88. The van der Waals surface area contributed by atoms with Crippen LogP contribution in [0.1, 0.15) is 41.0 Å². The first-order chi connectivity index (χ1) is 8.40. The monoisotopic (exact) mass is 247 g/mol. The van der Waals surface area contributed by atoms with E-state index in [2.05, 4.69) is 22.8 Å². The Bertz CT molecular complexity index is 474. The quantitative estimate of drug-likeness (QED) is 0.894. The van der Waals surface area contributed by atoms with Crippen LogP contribution in [0, 0.1) is 0 Å². The summed E-state index contributed by atoms with van der Waals surface area (Å²) in [6.07, 6.45) is 5.54. The van der Waals surface area contributed by atoms with Crippen LogP contribution in [0.2, 0.25) is 0 Å². The van der Waals surface area contributed by atoms with Crippen LogP contribution in [-0.2, 0) is 6.42 Å². The van der Waals surface area contributed by atoms with Crippen molar-refractivity contribution < 1.29 is 4.42 Å². The van der Waals surface area contributed by atoms with Crippen LogP contribution >= 0.6 is 11.3 Å². The van der Waals surface area contributed by atoms with Gasteiger partial charge in [-0.1, -0.05) is 0 Å². The Morgan fingerprint density at radius 2 is 2.41 bits per heavy atom. The molecule has 90 valence electrons. The van der Waals surface area contributed by atoms with E-state index in [0.29, 0.717) is 12.0 Å². The first kappa shape index (κ1) is 11.1. The lowest BCUT2D eigenvalue weighted by molar-refractivity contribution is 0.359. The minimum Gasteiger partial charge on any atom is -0.468 e. The second kappa shape index (κ2) is 4.67. The summed E-state index contributed by atoms with van der Waals surface area (Å²) in [5.74, 6) is 1.61. The molecule has 0 saturated carbocycles. The van der Waals surface area contributed by atoms with Gasteiger partial charge in [-0.15, -0.1) is 11.3 Å². The molecule has 0 amide bonds. The fraction of sp³-hybridized carbons (Fsp3) is 0.429. The van der Waals surface area contributed by atoms with Crippen molar-refractivity contribution in [3.05, 3.63) is 46.0 Å². The molecule has 3 rings (SSSR count). The van der Waals surface area contributed by atoms with Gasteiger partial charge in [0.25, 0.3) is 0 Å². The van der Waals surface area contributed by atoms with Crippen LogP contribution in [0.4, 0.5) is 0 Å². The zero-order valence-electron chi connectivity index (χ0n) is 9.98. The molecule has 0 radical (unpaired) electrons. The molecule has 0 aliphatic heterocycles. The number of likely N-dealkylation sites (N-methyl/N-ethyl adjacent to an activating group) is 1. The van der Waals surface area contributed by atoms with Crippen molar-refractivity contribution >= 4 is 11.3 Å². The highest BCUT2D eigenvalue weighted by Gasteiger charge is 2.30. The molecular formula is C14H17NOS. The van der Waals surface area contributed by atoms with Gasteiger partial charge in [-0.3, -0.25) is 0 Å². The number of fused-ring (bicyclic) bond motifs is 1. The molecule has 0 bridgehead atoms. The van der Waals surface area contributed by atoms with Crippen molar-refractivity contribution in [2.24, 2.45) is 0 Å². The molecule has 0 spiro atoms. The van der Waals surface area contributed by atoms with Crippen molar-refractivity contribution in [3.8, 4) is 0 Å². The van der Waals surface area contributed by atoms with Crippen LogP contribution in [-0.4, -0.2) is 7.05 Å². The average molecular weight is 247 g/mol. The van der Waals surface area contributed by atoms with E-state index >= 15 is 0 Å². The van der Waals surface area contributed by atoms with Crippen molar-refractivity contribution in [1.82, 2.24) is 5.32 Å². The van der Waals surface area contributed by atoms with E-state index in [4.69, 9.17) is 4.42 Å². The van der Waals surface area contributed by atoms with Gasteiger partial charge in [0.1, 0.15) is 5.76 Å². The summed E-state index contributed by atoms with van der Waals surface area (Å²) in [5.41, 5.74) is 1.52. The molecule has 2 aromatic rings. The van der Waals surface area contributed by atoms with Gasteiger partial charge in [0.2, 0.25) is 0 Å². The number of thiophene rings is 1. The van der Waals surface area contributed by atoms with Crippen LogP contribution in [0.3, 0.4) is 0 Å². The Morgan fingerprint density at radius 1 is 1.47 bits per heavy atom. The second-order valence-electron chi connectivity index (χ2n) is 4.58. The lowest BCUT2D eigenvalue weighted by Crippen LogP contribution is -2.25. The maximum absolute atomic E-state index is 5.57. The summed E-state index contributed by atoms with van der Waals surface area (Å²) in [4.78, 5) is 1.56. The van der Waals surface area contributed by atoms with Gasteiger partial charge in [-0.25, -0.2) is 0 Å². The number of furan rings is 1. The molecule has 3 heteroatoms. The van der Waals surface area contributed by atoms with Gasteiger partial charge in [0, 0.05) is 10.8 Å². The number of hydrogen-bond donors (Lipinski definition) is 1. The van der Waals surface area contributed by atoms with Crippen LogP contribution < -0.4 is 5.32 Å². The third-order valence-electron chi connectivity index (χ3n) is 3.66. The highest BCUT2D eigenvalue weighted by molar-refractivity contribution is 7.10. The Balaban J connectivity index is 1.94. The minimum absolute atomic E-state index is 0.304. The number of aryl methyl sites for hydroxylation is 1. The lowest BCUT2D eigenvalue weighted by Gasteiger charge is -2.29. The van der Waals surface area contributed by atoms with Crippen LogP contribution in [0.25, 0.3) is 0 Å². The van der Waals surface area contributed by atoms with Gasteiger partial charge >= 0.3 is 0 Å². The van der Waals surface area contributed by atoms with Gasteiger partial charge < -0.3 is 9.73 Å². The molecule has 0 saturated heterocycles. The highest BCUT2D eigenvalue weighted by atomic mass is 32.1. The Morgan fingerprint density at radius 3 is 3.18 bits per heavy atom. The summed E-state index contributed by atoms with van der Waals surface area (Å²) >= 11 is 1.90. The maximum atomic E-state index is 5.57. The average Bonchev–Trinajstić information content (AvgIpc) is 3.00. The summed E-state index contributed by atoms with van der Waals surface area (Å²) in [7, 11) is 2.02. The molecule has 1 N–H and O–H groups in total. The fourth-order valence-corrected chi connectivity index (χ4v) is 3.87. The second-order valence-corrected chi connectivity index (χ2v) is 5.58. The van der Waals surface area contributed by atoms with Gasteiger partial charge in [0.05, 0.1) is 12.3 Å². The molecule has 2 atom stereocenters. The zero-order valence-corrected chi connectivity index (χ0v) is 10.8. The Hall–Kier alpha value is -1.06. The Labute approximate surface area is 106 Å². The van der Waals surface area contributed by atoms with E-state index in [1.807, 2.05) is 24.5 Å². The molecule has 2 heterocycles. The van der Waals surface area contributed by atoms with Crippen molar-refractivity contribution in [1.29, 1.82) is 0 Å². The van der Waals surface area contributed by atoms with Crippen molar-refractivity contribution in [2.45, 2.75) is 31.2 Å². The topological polar surface area (TPSA) is 25.2 Å². The molecule has 1 aliphatic rings. The molecule has 17 heavy (non-hydrogen) atoms. The molecule has 2 unspecified atom stereocenters. The van der Waals surface area contributed by atoms with E-state index in [1.54, 1.807) is 11.1 Å². The predicted octanol–water partition coefficient (Wildman–Crippen LogP) is 3.72. The summed E-state index contributed by atoms with van der Waals surface area (Å²) in [5, 5.41) is 5.64. The first-order valence-electron chi connectivity index (χ1n) is 6.17.